The van der Waals surface area contributed by atoms with Crippen molar-refractivity contribution >= 4 is 0 Å². The third-order valence-corrected chi connectivity index (χ3v) is 1.87. The van der Waals surface area contributed by atoms with Crippen LogP contribution in [0, 0.1) is 11.8 Å². The van der Waals surface area contributed by atoms with Crippen molar-refractivity contribution in [2.75, 3.05) is 6.54 Å². The molecule has 0 radical (unpaired) electrons. The van der Waals surface area contributed by atoms with E-state index < -0.39 is 12.6 Å². The normalized spacial score (nSPS) is 32.4. The zero-order valence-electron chi connectivity index (χ0n) is 5.49. The molecule has 1 aliphatic carbocycles. The summed E-state index contributed by atoms with van der Waals surface area (Å²) in [5, 5.41) is 0. The van der Waals surface area contributed by atoms with Crippen LogP contribution in [0.2, 0.25) is 0 Å². The van der Waals surface area contributed by atoms with Crippen LogP contribution in [0.15, 0.2) is 0 Å². The SMILES string of the molecule is NCC1CC1CC(F)(F)F. The van der Waals surface area contributed by atoms with Crippen molar-refractivity contribution in [1.29, 1.82) is 0 Å². The third-order valence-electron chi connectivity index (χ3n) is 1.87. The van der Waals surface area contributed by atoms with E-state index in [4.69, 9.17) is 5.73 Å². The van der Waals surface area contributed by atoms with E-state index in [2.05, 4.69) is 0 Å². The van der Waals surface area contributed by atoms with Crippen LogP contribution in [0.3, 0.4) is 0 Å². The van der Waals surface area contributed by atoms with Crippen LogP contribution in [0.4, 0.5) is 13.2 Å². The Kier molecular flexibility index (Phi) is 1.90. The Balaban J connectivity index is 2.18. The minimum absolute atomic E-state index is 0.140. The van der Waals surface area contributed by atoms with Gasteiger partial charge in [0.1, 0.15) is 0 Å². The molecule has 4 heteroatoms. The van der Waals surface area contributed by atoms with Crippen LogP contribution >= 0.6 is 0 Å². The van der Waals surface area contributed by atoms with Crippen molar-refractivity contribution < 1.29 is 13.2 Å². The number of hydrogen-bond donors (Lipinski definition) is 1. The summed E-state index contributed by atoms with van der Waals surface area (Å²) in [6, 6.07) is 0. The Morgan fingerprint density at radius 1 is 1.30 bits per heavy atom. The molecule has 1 nitrogen and oxygen atoms in total. The molecule has 1 saturated carbocycles. The van der Waals surface area contributed by atoms with E-state index in [0.717, 1.165) is 0 Å². The molecule has 0 bridgehead atoms. The first-order valence-corrected chi connectivity index (χ1v) is 3.30. The lowest BCUT2D eigenvalue weighted by Crippen LogP contribution is -2.10. The summed E-state index contributed by atoms with van der Waals surface area (Å²) in [5.74, 6) is -0.0355. The number of alkyl halides is 3. The number of rotatable bonds is 2. The monoisotopic (exact) mass is 153 g/mol. The predicted molar refractivity (Wildman–Crippen MR) is 31.3 cm³/mol. The van der Waals surface area contributed by atoms with E-state index in [1.165, 1.54) is 0 Å². The number of halogens is 3. The highest BCUT2D eigenvalue weighted by Gasteiger charge is 2.43. The molecule has 1 aliphatic rings. The predicted octanol–water partition coefficient (Wildman–Crippen LogP) is 1.53. The first-order valence-electron chi connectivity index (χ1n) is 3.30. The standard InChI is InChI=1S/C6H10F3N/c7-6(8,9)2-4-1-5(4)3-10/h4-5H,1-3,10H2. The molecule has 0 aromatic heterocycles. The van der Waals surface area contributed by atoms with E-state index in [1.54, 1.807) is 0 Å². The summed E-state index contributed by atoms with van der Waals surface area (Å²) >= 11 is 0. The Morgan fingerprint density at radius 3 is 2.20 bits per heavy atom. The molecule has 0 amide bonds. The quantitative estimate of drug-likeness (QED) is 0.639. The highest BCUT2D eigenvalue weighted by Crippen LogP contribution is 2.44. The van der Waals surface area contributed by atoms with Crippen molar-refractivity contribution in [1.82, 2.24) is 0 Å². The van der Waals surface area contributed by atoms with Gasteiger partial charge in [-0.3, -0.25) is 0 Å². The van der Waals surface area contributed by atoms with Gasteiger partial charge in [-0.15, -0.1) is 0 Å². The highest BCUT2D eigenvalue weighted by atomic mass is 19.4. The second-order valence-corrected chi connectivity index (χ2v) is 2.81. The topological polar surface area (TPSA) is 26.0 Å². The van der Waals surface area contributed by atoms with Gasteiger partial charge >= 0.3 is 6.18 Å². The summed E-state index contributed by atoms with van der Waals surface area (Å²) in [6.07, 6.45) is -3.97. The van der Waals surface area contributed by atoms with Gasteiger partial charge in [-0.2, -0.15) is 13.2 Å². The van der Waals surface area contributed by atoms with Crippen molar-refractivity contribution in [3.63, 3.8) is 0 Å². The summed E-state index contributed by atoms with van der Waals surface area (Å²) in [6.45, 7) is 0.404. The fourth-order valence-corrected chi connectivity index (χ4v) is 1.15. The van der Waals surface area contributed by atoms with E-state index in [1.807, 2.05) is 0 Å². The van der Waals surface area contributed by atoms with Gasteiger partial charge in [-0.05, 0) is 24.8 Å². The van der Waals surface area contributed by atoms with Gasteiger partial charge in [-0.25, -0.2) is 0 Å². The zero-order chi connectivity index (χ0) is 7.78. The second kappa shape index (κ2) is 2.42. The van der Waals surface area contributed by atoms with Crippen LogP contribution in [-0.4, -0.2) is 12.7 Å². The van der Waals surface area contributed by atoms with Gasteiger partial charge in [0.2, 0.25) is 0 Å². The number of nitrogens with two attached hydrogens (primary N) is 1. The summed E-state index contributed by atoms with van der Waals surface area (Å²) in [5.41, 5.74) is 5.18. The van der Waals surface area contributed by atoms with Gasteiger partial charge in [-0.1, -0.05) is 0 Å². The van der Waals surface area contributed by atoms with Gasteiger partial charge in [0, 0.05) is 6.42 Å². The smallest absolute Gasteiger partial charge is 0.330 e. The third kappa shape index (κ3) is 2.17. The van der Waals surface area contributed by atoms with Crippen molar-refractivity contribution in [2.24, 2.45) is 17.6 Å². The zero-order valence-corrected chi connectivity index (χ0v) is 5.49. The van der Waals surface area contributed by atoms with Crippen molar-refractivity contribution in [3.8, 4) is 0 Å². The minimum atomic E-state index is -3.99. The van der Waals surface area contributed by atoms with E-state index in [0.29, 0.717) is 13.0 Å². The Labute approximate surface area is 57.4 Å². The first kappa shape index (κ1) is 7.85. The molecule has 2 unspecified atom stereocenters. The van der Waals surface area contributed by atoms with Gasteiger partial charge in [0.15, 0.2) is 0 Å². The minimum Gasteiger partial charge on any atom is -0.330 e. The van der Waals surface area contributed by atoms with Crippen LogP contribution < -0.4 is 5.73 Å². The van der Waals surface area contributed by atoms with Crippen LogP contribution in [0.1, 0.15) is 12.8 Å². The molecule has 60 valence electrons. The maximum absolute atomic E-state index is 11.6. The summed E-state index contributed by atoms with van der Waals surface area (Å²) in [4.78, 5) is 0. The molecule has 2 atom stereocenters. The highest BCUT2D eigenvalue weighted by molar-refractivity contribution is 4.88. The lowest BCUT2D eigenvalue weighted by Gasteiger charge is -2.03. The lowest BCUT2D eigenvalue weighted by atomic mass is 10.2. The molecule has 1 rings (SSSR count). The van der Waals surface area contributed by atoms with E-state index >= 15 is 0 Å². The lowest BCUT2D eigenvalue weighted by molar-refractivity contribution is -0.138. The fraction of sp³-hybridized carbons (Fsp3) is 1.00. The molecular weight excluding hydrogens is 143 g/mol. The largest absolute Gasteiger partial charge is 0.389 e. The fourth-order valence-electron chi connectivity index (χ4n) is 1.15. The van der Waals surface area contributed by atoms with Crippen LogP contribution in [-0.2, 0) is 0 Å². The molecule has 2 N–H and O–H groups in total. The summed E-state index contributed by atoms with van der Waals surface area (Å²) in [7, 11) is 0. The molecule has 0 aromatic carbocycles. The molecule has 0 saturated heterocycles. The maximum atomic E-state index is 11.6. The van der Waals surface area contributed by atoms with Crippen LogP contribution in [0.25, 0.3) is 0 Å². The summed E-state index contributed by atoms with van der Waals surface area (Å²) < 4.78 is 34.8. The van der Waals surface area contributed by atoms with Gasteiger partial charge in [0.05, 0.1) is 0 Å². The Morgan fingerprint density at radius 2 is 1.90 bits per heavy atom. The maximum Gasteiger partial charge on any atom is 0.389 e. The van der Waals surface area contributed by atoms with Gasteiger partial charge < -0.3 is 5.73 Å². The average Bonchev–Trinajstić information content (AvgIpc) is 2.42. The molecular formula is C6H10F3N. The van der Waals surface area contributed by atoms with E-state index in [-0.39, 0.29) is 11.8 Å². The van der Waals surface area contributed by atoms with E-state index in [9.17, 15) is 13.2 Å². The molecule has 0 aromatic rings. The van der Waals surface area contributed by atoms with Crippen LogP contribution in [0.5, 0.6) is 0 Å². The molecule has 10 heavy (non-hydrogen) atoms. The first-order chi connectivity index (χ1) is 4.53. The Hall–Kier alpha value is -0.250. The number of hydrogen-bond acceptors (Lipinski definition) is 1. The molecule has 0 heterocycles. The van der Waals surface area contributed by atoms with Crippen molar-refractivity contribution in [3.05, 3.63) is 0 Å². The molecule has 1 fully saturated rings. The van der Waals surface area contributed by atoms with Crippen molar-refractivity contribution in [2.45, 2.75) is 19.0 Å². The molecule has 0 spiro atoms. The average molecular weight is 153 g/mol. The Bertz CT molecular complexity index is 121. The molecule has 0 aliphatic heterocycles. The second-order valence-electron chi connectivity index (χ2n) is 2.81. The van der Waals surface area contributed by atoms with Gasteiger partial charge in [0.25, 0.3) is 0 Å².